The van der Waals surface area contributed by atoms with Crippen molar-refractivity contribution < 1.29 is 0 Å². The monoisotopic (exact) mass is 146 g/mol. The van der Waals surface area contributed by atoms with E-state index in [9.17, 15) is 0 Å². The standard InChI is InChI=1S/C7H6N4/c1-6-5-9-4-2-3-7(6)10-11-8/h2-4H,1H3. The average molecular weight is 146 g/mol. The first-order valence-corrected chi connectivity index (χ1v) is 3.06. The molecule has 54 valence electrons. The Bertz CT molecular complexity index is 322. The zero-order valence-corrected chi connectivity index (χ0v) is 6.02. The van der Waals surface area contributed by atoms with Gasteiger partial charge in [-0.25, -0.2) is 4.99 Å². The van der Waals surface area contributed by atoms with Gasteiger partial charge in [0.15, 0.2) is 0 Å². The van der Waals surface area contributed by atoms with Crippen LogP contribution in [0.3, 0.4) is 0 Å². The Morgan fingerprint density at radius 3 is 3.27 bits per heavy atom. The third-order valence-corrected chi connectivity index (χ3v) is 1.18. The third-order valence-electron chi connectivity index (χ3n) is 1.18. The van der Waals surface area contributed by atoms with Gasteiger partial charge in [-0.2, -0.15) is 0 Å². The lowest BCUT2D eigenvalue weighted by molar-refractivity contribution is 1.29. The van der Waals surface area contributed by atoms with Crippen molar-refractivity contribution in [2.75, 3.05) is 0 Å². The van der Waals surface area contributed by atoms with Gasteiger partial charge < -0.3 is 0 Å². The first-order valence-electron chi connectivity index (χ1n) is 3.06. The molecule has 4 nitrogen and oxygen atoms in total. The van der Waals surface area contributed by atoms with Crippen molar-refractivity contribution in [1.29, 1.82) is 0 Å². The SMILES string of the molecule is CC1=C=NC=CC=C1N=[N+]=[N-]. The molecule has 1 rings (SSSR count). The van der Waals surface area contributed by atoms with Crippen molar-refractivity contribution in [2.45, 2.75) is 6.92 Å². The van der Waals surface area contributed by atoms with Gasteiger partial charge in [0, 0.05) is 22.4 Å². The van der Waals surface area contributed by atoms with E-state index in [1.807, 2.05) is 0 Å². The van der Waals surface area contributed by atoms with E-state index in [1.54, 1.807) is 25.3 Å². The molecule has 0 aromatic carbocycles. The molecule has 4 heteroatoms. The molecule has 0 aromatic heterocycles. The zero-order chi connectivity index (χ0) is 8.10. The maximum atomic E-state index is 8.15. The highest BCUT2D eigenvalue weighted by atomic mass is 15.1. The minimum atomic E-state index is 0.560. The van der Waals surface area contributed by atoms with Crippen LogP contribution in [0.2, 0.25) is 0 Å². The second-order valence-electron chi connectivity index (χ2n) is 1.95. The van der Waals surface area contributed by atoms with Gasteiger partial charge in [0.25, 0.3) is 0 Å². The van der Waals surface area contributed by atoms with Crippen molar-refractivity contribution >= 4 is 5.87 Å². The summed E-state index contributed by atoms with van der Waals surface area (Å²) in [6.45, 7) is 1.79. The molecule has 0 N–H and O–H groups in total. The lowest BCUT2D eigenvalue weighted by Gasteiger charge is -1.90. The summed E-state index contributed by atoms with van der Waals surface area (Å²) < 4.78 is 0. The largest absolute Gasteiger partial charge is 0.214 e. The van der Waals surface area contributed by atoms with E-state index in [4.69, 9.17) is 5.53 Å². The number of hydrogen-bond acceptors (Lipinski definition) is 2. The Hall–Kier alpha value is -1.76. The van der Waals surface area contributed by atoms with E-state index in [0.29, 0.717) is 5.70 Å². The number of aliphatic imine (C=N–C) groups is 1. The average Bonchev–Trinajstić information content (AvgIpc) is 2.18. The van der Waals surface area contributed by atoms with Crippen LogP contribution in [0.4, 0.5) is 0 Å². The summed E-state index contributed by atoms with van der Waals surface area (Å²) in [5.41, 5.74) is 9.45. The van der Waals surface area contributed by atoms with Gasteiger partial charge in [0.05, 0.1) is 0 Å². The fraction of sp³-hybridized carbons (Fsp3) is 0.143. The van der Waals surface area contributed by atoms with Crippen LogP contribution in [0.5, 0.6) is 0 Å². The van der Waals surface area contributed by atoms with Crippen molar-refractivity contribution in [3.8, 4) is 0 Å². The van der Waals surface area contributed by atoms with E-state index in [1.165, 1.54) is 0 Å². The molecule has 0 radical (unpaired) electrons. The topological polar surface area (TPSA) is 61.1 Å². The molecule has 1 heterocycles. The van der Waals surface area contributed by atoms with Crippen LogP contribution in [0, 0.1) is 0 Å². The summed E-state index contributed by atoms with van der Waals surface area (Å²) in [6.07, 6.45) is 4.98. The second kappa shape index (κ2) is 3.42. The fourth-order valence-corrected chi connectivity index (χ4v) is 0.650. The molecule has 0 atom stereocenters. The van der Waals surface area contributed by atoms with Crippen molar-refractivity contribution in [3.05, 3.63) is 40.1 Å². The van der Waals surface area contributed by atoms with Gasteiger partial charge in [0.1, 0.15) is 0 Å². The van der Waals surface area contributed by atoms with E-state index in [-0.39, 0.29) is 0 Å². The lowest BCUT2D eigenvalue weighted by atomic mass is 10.2. The molecule has 1 aliphatic heterocycles. The lowest BCUT2D eigenvalue weighted by Crippen LogP contribution is -1.78. The molecule has 0 saturated carbocycles. The predicted molar refractivity (Wildman–Crippen MR) is 43.0 cm³/mol. The predicted octanol–water partition coefficient (Wildman–Crippen LogP) is 2.32. The molecular weight excluding hydrogens is 140 g/mol. The van der Waals surface area contributed by atoms with Crippen molar-refractivity contribution in [2.24, 2.45) is 10.1 Å². The molecule has 1 aliphatic rings. The molecule has 0 bridgehead atoms. The number of allylic oxidation sites excluding steroid dienone is 3. The van der Waals surface area contributed by atoms with E-state index in [0.717, 1.165) is 5.57 Å². The smallest absolute Gasteiger partial charge is 0.0497 e. The highest BCUT2D eigenvalue weighted by Gasteiger charge is 1.95. The fourth-order valence-electron chi connectivity index (χ4n) is 0.650. The summed E-state index contributed by atoms with van der Waals surface area (Å²) in [5.74, 6) is 2.70. The van der Waals surface area contributed by atoms with E-state index in [2.05, 4.69) is 20.9 Å². The van der Waals surface area contributed by atoms with Crippen LogP contribution in [0.1, 0.15) is 6.92 Å². The highest BCUT2D eigenvalue weighted by molar-refractivity contribution is 5.65. The Labute approximate surface area is 63.9 Å². The summed E-state index contributed by atoms with van der Waals surface area (Å²) in [4.78, 5) is 6.45. The normalized spacial score (nSPS) is 14.6. The first-order chi connectivity index (χ1) is 5.34. The van der Waals surface area contributed by atoms with Crippen LogP contribution >= 0.6 is 0 Å². The Morgan fingerprint density at radius 2 is 2.55 bits per heavy atom. The van der Waals surface area contributed by atoms with Crippen molar-refractivity contribution in [3.63, 3.8) is 0 Å². The quantitative estimate of drug-likeness (QED) is 0.309. The molecule has 0 amide bonds. The number of azide groups is 1. The molecule has 0 saturated heterocycles. The molecule has 0 unspecified atom stereocenters. The maximum Gasteiger partial charge on any atom is 0.0497 e. The molecule has 0 spiro atoms. The molecular formula is C7H6N4. The van der Waals surface area contributed by atoms with Crippen LogP contribution in [0.25, 0.3) is 10.4 Å². The van der Waals surface area contributed by atoms with Gasteiger partial charge in [-0.1, -0.05) is 11.2 Å². The van der Waals surface area contributed by atoms with Crippen LogP contribution < -0.4 is 0 Å². The zero-order valence-electron chi connectivity index (χ0n) is 6.02. The van der Waals surface area contributed by atoms with Crippen LogP contribution in [-0.2, 0) is 0 Å². The molecule has 0 aliphatic carbocycles. The van der Waals surface area contributed by atoms with Gasteiger partial charge in [-0.05, 0) is 24.4 Å². The number of rotatable bonds is 1. The summed E-state index contributed by atoms with van der Waals surface area (Å²) in [5, 5.41) is 3.46. The number of hydrogen-bond donors (Lipinski definition) is 0. The molecule has 0 aromatic rings. The van der Waals surface area contributed by atoms with Crippen LogP contribution in [0.15, 0.2) is 39.7 Å². The third kappa shape index (κ3) is 1.83. The summed E-state index contributed by atoms with van der Waals surface area (Å²) in [7, 11) is 0. The minimum absolute atomic E-state index is 0.560. The summed E-state index contributed by atoms with van der Waals surface area (Å²) >= 11 is 0. The Morgan fingerprint density at radius 1 is 1.73 bits per heavy atom. The van der Waals surface area contributed by atoms with Gasteiger partial charge in [-0.15, -0.1) is 0 Å². The van der Waals surface area contributed by atoms with Gasteiger partial charge in [-0.3, -0.25) is 0 Å². The van der Waals surface area contributed by atoms with E-state index < -0.39 is 0 Å². The van der Waals surface area contributed by atoms with Crippen molar-refractivity contribution in [1.82, 2.24) is 0 Å². The summed E-state index contributed by atoms with van der Waals surface area (Å²) in [6, 6.07) is 0. The highest BCUT2D eigenvalue weighted by Crippen LogP contribution is 2.09. The number of nitrogens with zero attached hydrogens (tertiary/aromatic N) is 4. The molecule has 0 fully saturated rings. The van der Waals surface area contributed by atoms with Crippen LogP contribution in [-0.4, -0.2) is 5.87 Å². The Balaban J connectivity index is 3.11. The minimum Gasteiger partial charge on any atom is -0.214 e. The van der Waals surface area contributed by atoms with Gasteiger partial charge >= 0.3 is 0 Å². The second-order valence-corrected chi connectivity index (χ2v) is 1.95. The first kappa shape index (κ1) is 7.35. The van der Waals surface area contributed by atoms with Gasteiger partial charge in [0.2, 0.25) is 0 Å². The Kier molecular flexibility index (Phi) is 2.28. The van der Waals surface area contributed by atoms with E-state index >= 15 is 0 Å². The maximum absolute atomic E-state index is 8.15. The molecule has 11 heavy (non-hydrogen) atoms.